The molecule has 0 spiro atoms. The van der Waals surface area contributed by atoms with Gasteiger partial charge in [0.15, 0.2) is 7.28 Å². The Labute approximate surface area is 326 Å². The first-order valence-corrected chi connectivity index (χ1v) is 19.8. The van der Waals surface area contributed by atoms with Crippen molar-refractivity contribution in [3.05, 3.63) is 187 Å². The van der Waals surface area contributed by atoms with Crippen LogP contribution in [0.2, 0.25) is 0 Å². The fourth-order valence-corrected chi connectivity index (χ4v) is 10.1. The second-order valence-electron chi connectivity index (χ2n) is 15.2. The molecule has 0 bridgehead atoms. The smallest absolute Gasteiger partial charge is 0.197 e. The van der Waals surface area contributed by atoms with Gasteiger partial charge in [-0.1, -0.05) is 159 Å². The van der Waals surface area contributed by atoms with E-state index in [0.717, 1.165) is 16.9 Å². The molecular weight excluding hydrogens is 683 g/mol. The zero-order valence-electron chi connectivity index (χ0n) is 30.7. The van der Waals surface area contributed by atoms with E-state index < -0.39 is 0 Å². The third kappa shape index (κ3) is 5.02. The lowest BCUT2D eigenvalue weighted by molar-refractivity contribution is 0.632. The summed E-state index contributed by atoms with van der Waals surface area (Å²) in [6.07, 6.45) is 0. The minimum Gasteiger partial charge on any atom is -0.354 e. The number of hydrogen-bond acceptors (Lipinski definition) is 3. The van der Waals surface area contributed by atoms with E-state index in [4.69, 9.17) is 0 Å². The minimum atomic E-state index is -0.137. The molecular formula is C51H36BN2S. The summed E-state index contributed by atoms with van der Waals surface area (Å²) >= 11 is 1.85. The quantitative estimate of drug-likeness (QED) is 0.178. The maximum atomic E-state index is 4.03. The van der Waals surface area contributed by atoms with E-state index in [1.54, 1.807) is 0 Å². The third-order valence-electron chi connectivity index (χ3n) is 11.7. The van der Waals surface area contributed by atoms with Crippen LogP contribution >= 0.6 is 11.3 Å². The van der Waals surface area contributed by atoms with Gasteiger partial charge in [-0.05, 0) is 80.8 Å². The van der Waals surface area contributed by atoms with Gasteiger partial charge in [0, 0.05) is 43.5 Å². The van der Waals surface area contributed by atoms with E-state index in [2.05, 4.69) is 207 Å². The van der Waals surface area contributed by atoms with Crippen molar-refractivity contribution >= 4 is 78.2 Å². The minimum absolute atomic E-state index is 0.137. The molecule has 0 saturated heterocycles. The highest BCUT2D eigenvalue weighted by atomic mass is 32.1. The SMILES string of the molecule is CC1(C)c2ccccc2N2c3cc(-c4ccccc4)cc(-c4ccc(-c5ccccc5)cc4Nc4cccc5c4sc4ccccc45)c3[B]c3cccc1c32. The maximum absolute atomic E-state index is 4.03. The summed E-state index contributed by atoms with van der Waals surface area (Å²) in [7, 11) is 2.43. The number of fused-ring (bicyclic) bond motifs is 7. The van der Waals surface area contributed by atoms with Crippen LogP contribution < -0.4 is 21.1 Å². The van der Waals surface area contributed by atoms with Crippen LogP contribution in [-0.4, -0.2) is 7.28 Å². The summed E-state index contributed by atoms with van der Waals surface area (Å²) < 4.78 is 2.56. The average molecular weight is 720 g/mol. The zero-order valence-corrected chi connectivity index (χ0v) is 31.5. The molecule has 259 valence electrons. The Hall–Kier alpha value is -6.36. The number of benzene rings is 8. The highest BCUT2D eigenvalue weighted by Gasteiger charge is 2.41. The lowest BCUT2D eigenvalue weighted by atomic mass is 9.55. The van der Waals surface area contributed by atoms with E-state index in [0.29, 0.717) is 0 Å². The second kappa shape index (κ2) is 12.3. The predicted molar refractivity (Wildman–Crippen MR) is 237 cm³/mol. The number of anilines is 5. The van der Waals surface area contributed by atoms with E-state index in [1.807, 2.05) is 11.3 Å². The van der Waals surface area contributed by atoms with Crippen molar-refractivity contribution < 1.29 is 0 Å². The van der Waals surface area contributed by atoms with Crippen LogP contribution in [0.15, 0.2) is 176 Å². The molecule has 0 fully saturated rings. The summed E-state index contributed by atoms with van der Waals surface area (Å²) in [4.78, 5) is 2.54. The largest absolute Gasteiger partial charge is 0.354 e. The Morgan fingerprint density at radius 1 is 0.509 bits per heavy atom. The lowest BCUT2D eigenvalue weighted by Crippen LogP contribution is -2.45. The first-order valence-electron chi connectivity index (χ1n) is 19.0. The molecule has 55 heavy (non-hydrogen) atoms. The molecule has 1 N–H and O–H groups in total. The van der Waals surface area contributed by atoms with Gasteiger partial charge >= 0.3 is 0 Å². The summed E-state index contributed by atoms with van der Waals surface area (Å²) in [6, 6.07) is 64.5. The van der Waals surface area contributed by atoms with E-state index in [1.165, 1.54) is 87.1 Å². The van der Waals surface area contributed by atoms with Crippen molar-refractivity contribution in [3.63, 3.8) is 0 Å². The first-order chi connectivity index (χ1) is 27.0. The van der Waals surface area contributed by atoms with Crippen LogP contribution in [0.4, 0.5) is 28.4 Å². The predicted octanol–water partition coefficient (Wildman–Crippen LogP) is 12.9. The number of rotatable bonds is 5. The van der Waals surface area contributed by atoms with E-state index >= 15 is 0 Å². The molecule has 0 unspecified atom stereocenters. The van der Waals surface area contributed by atoms with Crippen LogP contribution in [0, 0.1) is 0 Å². The highest BCUT2D eigenvalue weighted by molar-refractivity contribution is 7.26. The van der Waals surface area contributed by atoms with Gasteiger partial charge in [-0.3, -0.25) is 0 Å². The van der Waals surface area contributed by atoms with Crippen LogP contribution in [0.25, 0.3) is 53.6 Å². The van der Waals surface area contributed by atoms with Gasteiger partial charge in [0.1, 0.15) is 0 Å². The van der Waals surface area contributed by atoms with Crippen molar-refractivity contribution in [2.45, 2.75) is 19.3 Å². The van der Waals surface area contributed by atoms with Crippen molar-refractivity contribution in [2.75, 3.05) is 10.2 Å². The number of nitrogens with one attached hydrogen (secondary N) is 1. The molecule has 0 saturated carbocycles. The van der Waals surface area contributed by atoms with Crippen LogP contribution in [0.3, 0.4) is 0 Å². The Bertz CT molecular complexity index is 2960. The fourth-order valence-electron chi connectivity index (χ4n) is 8.98. The molecule has 2 aliphatic rings. The van der Waals surface area contributed by atoms with Gasteiger partial charge < -0.3 is 10.2 Å². The van der Waals surface area contributed by atoms with Crippen LogP contribution in [0.1, 0.15) is 25.0 Å². The Balaban J connectivity index is 1.18. The summed E-state index contributed by atoms with van der Waals surface area (Å²) in [5.74, 6) is 0. The van der Waals surface area contributed by atoms with Gasteiger partial charge in [-0.15, -0.1) is 11.3 Å². The molecule has 0 aliphatic carbocycles. The van der Waals surface area contributed by atoms with Crippen molar-refractivity contribution in [3.8, 4) is 33.4 Å². The highest BCUT2D eigenvalue weighted by Crippen LogP contribution is 2.53. The molecule has 1 aromatic heterocycles. The van der Waals surface area contributed by atoms with Crippen molar-refractivity contribution in [2.24, 2.45) is 0 Å². The Morgan fingerprint density at radius 3 is 2.04 bits per heavy atom. The number of hydrogen-bond donors (Lipinski definition) is 1. The van der Waals surface area contributed by atoms with E-state index in [9.17, 15) is 0 Å². The number of thiophene rings is 1. The van der Waals surface area contributed by atoms with Gasteiger partial charge in [0.05, 0.1) is 16.1 Å². The van der Waals surface area contributed by atoms with Crippen molar-refractivity contribution in [1.29, 1.82) is 0 Å². The van der Waals surface area contributed by atoms with Crippen LogP contribution in [0.5, 0.6) is 0 Å². The summed E-state index contributed by atoms with van der Waals surface area (Å²) in [5, 5.41) is 6.60. The normalized spacial score (nSPS) is 13.5. The lowest BCUT2D eigenvalue weighted by Gasteiger charge is -2.46. The van der Waals surface area contributed by atoms with Crippen LogP contribution in [-0.2, 0) is 5.41 Å². The molecule has 11 rings (SSSR count). The summed E-state index contributed by atoms with van der Waals surface area (Å²) in [6.45, 7) is 4.73. The number of nitrogens with zero attached hydrogens (tertiary/aromatic N) is 1. The Kier molecular flexibility index (Phi) is 7.21. The Morgan fingerprint density at radius 2 is 1.20 bits per heavy atom. The average Bonchev–Trinajstić information content (AvgIpc) is 3.62. The fraction of sp³-hybridized carbons (Fsp3) is 0.0588. The molecule has 3 heterocycles. The van der Waals surface area contributed by atoms with Crippen molar-refractivity contribution in [1.82, 2.24) is 0 Å². The number of para-hydroxylation sites is 2. The monoisotopic (exact) mass is 719 g/mol. The molecule has 0 amide bonds. The maximum Gasteiger partial charge on any atom is 0.197 e. The molecule has 1 radical (unpaired) electrons. The molecule has 9 aromatic rings. The summed E-state index contributed by atoms with van der Waals surface area (Å²) in [5.41, 5.74) is 18.0. The standard InChI is InChI=1S/C51H36BN2S/c1-51(2)40-21-10-11-25-45(40)54-46-31-35(33-17-7-4-8-18-33)29-39(48(46)52-42-23-14-22-41(51)49(42)54)36-28-27-34(32-15-5-3-6-16-32)30-44(36)53-43-24-13-20-38-37-19-9-12-26-47(37)55-50(38)43/h3-31,53H,1-2H3. The topological polar surface area (TPSA) is 15.3 Å². The van der Waals surface area contributed by atoms with Gasteiger partial charge in [0.25, 0.3) is 0 Å². The molecule has 2 nitrogen and oxygen atoms in total. The van der Waals surface area contributed by atoms with Gasteiger partial charge in [-0.25, -0.2) is 0 Å². The van der Waals surface area contributed by atoms with Gasteiger partial charge in [0.2, 0.25) is 0 Å². The molecule has 2 aliphatic heterocycles. The third-order valence-corrected chi connectivity index (χ3v) is 12.9. The second-order valence-corrected chi connectivity index (χ2v) is 16.3. The molecule has 0 atom stereocenters. The van der Waals surface area contributed by atoms with Gasteiger partial charge in [-0.2, -0.15) is 0 Å². The molecule has 8 aromatic carbocycles. The van der Waals surface area contributed by atoms with E-state index in [-0.39, 0.29) is 5.41 Å². The first kappa shape index (κ1) is 32.1. The zero-order chi connectivity index (χ0) is 36.7. The molecule has 4 heteroatoms.